The molecule has 15 heavy (non-hydrogen) atoms. The fourth-order valence-electron chi connectivity index (χ4n) is 1.79. The molecule has 0 spiro atoms. The molecule has 2 nitrogen and oxygen atoms in total. The summed E-state index contributed by atoms with van der Waals surface area (Å²) in [5.41, 5.74) is 8.06. The lowest BCUT2D eigenvalue weighted by Crippen LogP contribution is -2.25. The smallest absolute Gasteiger partial charge is 0.0347 e. The van der Waals surface area contributed by atoms with E-state index in [-0.39, 0.29) is 0 Å². The van der Waals surface area contributed by atoms with Gasteiger partial charge in [0.2, 0.25) is 0 Å². The van der Waals surface area contributed by atoms with Crippen LogP contribution in [0.3, 0.4) is 0 Å². The molecule has 2 heteroatoms. The van der Waals surface area contributed by atoms with Gasteiger partial charge in [-0.05, 0) is 31.0 Å². The van der Waals surface area contributed by atoms with Crippen LogP contribution in [0.15, 0.2) is 24.3 Å². The van der Waals surface area contributed by atoms with Crippen molar-refractivity contribution in [2.45, 2.75) is 20.3 Å². The van der Waals surface area contributed by atoms with E-state index in [1.807, 2.05) is 18.2 Å². The number of likely N-dealkylation sites (N-methyl/N-ethyl adjacent to an activating group) is 1. The van der Waals surface area contributed by atoms with E-state index in [1.54, 1.807) is 0 Å². The van der Waals surface area contributed by atoms with E-state index in [2.05, 4.69) is 31.9 Å². The molecule has 0 radical (unpaired) electrons. The number of nitrogens with two attached hydrogens (primary N) is 1. The summed E-state index contributed by atoms with van der Waals surface area (Å²) in [6.45, 7) is 6.71. The summed E-state index contributed by atoms with van der Waals surface area (Å²) in [5.74, 6) is 0.725. The van der Waals surface area contributed by atoms with Gasteiger partial charge in [0.15, 0.2) is 0 Å². The Bertz CT molecular complexity index is 294. The average Bonchev–Trinajstić information content (AvgIpc) is 2.15. The topological polar surface area (TPSA) is 29.3 Å². The Balaban J connectivity index is 2.40. The standard InChI is InChI=1S/C13H22N2/c1-11(2)10-15(3)9-8-12-6-4-5-7-13(12)14/h4-7,11H,8-10,14H2,1-3H3. The maximum atomic E-state index is 5.89. The van der Waals surface area contributed by atoms with Gasteiger partial charge >= 0.3 is 0 Å². The lowest BCUT2D eigenvalue weighted by atomic mass is 10.1. The van der Waals surface area contributed by atoms with Crippen LogP contribution in [0.2, 0.25) is 0 Å². The van der Waals surface area contributed by atoms with E-state index in [4.69, 9.17) is 5.73 Å². The minimum absolute atomic E-state index is 0.725. The Kier molecular flexibility index (Phi) is 4.63. The van der Waals surface area contributed by atoms with E-state index in [1.165, 1.54) is 5.56 Å². The van der Waals surface area contributed by atoms with Crippen molar-refractivity contribution in [3.8, 4) is 0 Å². The first-order valence-corrected chi connectivity index (χ1v) is 5.61. The first-order chi connectivity index (χ1) is 7.09. The second-order valence-electron chi connectivity index (χ2n) is 4.60. The summed E-state index contributed by atoms with van der Waals surface area (Å²) >= 11 is 0. The van der Waals surface area contributed by atoms with Crippen molar-refractivity contribution in [2.24, 2.45) is 5.92 Å². The molecule has 0 bridgehead atoms. The van der Waals surface area contributed by atoms with Crippen molar-refractivity contribution >= 4 is 5.69 Å². The van der Waals surface area contributed by atoms with Crippen molar-refractivity contribution in [1.82, 2.24) is 4.90 Å². The number of nitrogen functional groups attached to an aromatic ring is 1. The van der Waals surface area contributed by atoms with Crippen molar-refractivity contribution in [3.05, 3.63) is 29.8 Å². The molecule has 0 amide bonds. The lowest BCUT2D eigenvalue weighted by molar-refractivity contribution is 0.299. The van der Waals surface area contributed by atoms with E-state index in [9.17, 15) is 0 Å². The molecule has 1 aromatic rings. The molecule has 1 rings (SSSR count). The molecule has 0 saturated carbocycles. The number of rotatable bonds is 5. The normalized spacial score (nSPS) is 11.3. The average molecular weight is 206 g/mol. The predicted molar refractivity (Wildman–Crippen MR) is 66.9 cm³/mol. The predicted octanol–water partition coefficient (Wildman–Crippen LogP) is 2.40. The summed E-state index contributed by atoms with van der Waals surface area (Å²) in [6, 6.07) is 8.11. The molecule has 0 unspecified atom stereocenters. The summed E-state index contributed by atoms with van der Waals surface area (Å²) < 4.78 is 0. The highest BCUT2D eigenvalue weighted by Gasteiger charge is 2.03. The maximum Gasteiger partial charge on any atom is 0.0347 e. The molecule has 0 heterocycles. The number of para-hydroxylation sites is 1. The van der Waals surface area contributed by atoms with Crippen LogP contribution < -0.4 is 5.73 Å². The molecular formula is C13H22N2. The van der Waals surface area contributed by atoms with Crippen LogP contribution in [0.25, 0.3) is 0 Å². The van der Waals surface area contributed by atoms with Gasteiger partial charge in [0, 0.05) is 18.8 Å². The summed E-state index contributed by atoms with van der Waals surface area (Å²) in [4.78, 5) is 2.36. The first-order valence-electron chi connectivity index (χ1n) is 5.61. The zero-order chi connectivity index (χ0) is 11.3. The zero-order valence-corrected chi connectivity index (χ0v) is 10.0. The summed E-state index contributed by atoms with van der Waals surface area (Å²) in [5, 5.41) is 0. The van der Waals surface area contributed by atoms with Crippen LogP contribution in [0.1, 0.15) is 19.4 Å². The molecule has 0 fully saturated rings. The number of hydrogen-bond acceptors (Lipinski definition) is 2. The largest absolute Gasteiger partial charge is 0.399 e. The fraction of sp³-hybridized carbons (Fsp3) is 0.538. The third-order valence-corrected chi connectivity index (χ3v) is 2.49. The molecule has 1 aromatic carbocycles. The highest BCUT2D eigenvalue weighted by atomic mass is 15.1. The third-order valence-electron chi connectivity index (χ3n) is 2.49. The van der Waals surface area contributed by atoms with Crippen LogP contribution in [-0.2, 0) is 6.42 Å². The van der Waals surface area contributed by atoms with E-state index < -0.39 is 0 Å². The Labute approximate surface area is 93.1 Å². The van der Waals surface area contributed by atoms with E-state index >= 15 is 0 Å². The van der Waals surface area contributed by atoms with Gasteiger partial charge in [0.25, 0.3) is 0 Å². The quantitative estimate of drug-likeness (QED) is 0.750. The fourth-order valence-corrected chi connectivity index (χ4v) is 1.79. The van der Waals surface area contributed by atoms with Gasteiger partial charge in [-0.15, -0.1) is 0 Å². The van der Waals surface area contributed by atoms with Crippen LogP contribution in [0.4, 0.5) is 5.69 Å². The Morgan fingerprint density at radius 1 is 1.27 bits per heavy atom. The molecule has 84 valence electrons. The van der Waals surface area contributed by atoms with Crippen LogP contribution >= 0.6 is 0 Å². The van der Waals surface area contributed by atoms with E-state index in [0.717, 1.165) is 31.1 Å². The maximum absolute atomic E-state index is 5.89. The van der Waals surface area contributed by atoms with Gasteiger partial charge in [-0.1, -0.05) is 32.0 Å². The molecule has 0 aliphatic heterocycles. The Hall–Kier alpha value is -1.02. The molecule has 0 aliphatic rings. The number of anilines is 1. The number of hydrogen-bond donors (Lipinski definition) is 1. The highest BCUT2D eigenvalue weighted by Crippen LogP contribution is 2.11. The lowest BCUT2D eigenvalue weighted by Gasteiger charge is -2.19. The summed E-state index contributed by atoms with van der Waals surface area (Å²) in [6.07, 6.45) is 1.04. The van der Waals surface area contributed by atoms with Gasteiger partial charge in [0.05, 0.1) is 0 Å². The van der Waals surface area contributed by atoms with Crippen LogP contribution in [0, 0.1) is 5.92 Å². The molecule has 0 aromatic heterocycles. The first kappa shape index (κ1) is 12.1. The Morgan fingerprint density at radius 3 is 2.53 bits per heavy atom. The van der Waals surface area contributed by atoms with Gasteiger partial charge in [-0.3, -0.25) is 0 Å². The molecule has 0 atom stereocenters. The minimum atomic E-state index is 0.725. The summed E-state index contributed by atoms with van der Waals surface area (Å²) in [7, 11) is 2.17. The molecule has 0 aliphatic carbocycles. The van der Waals surface area contributed by atoms with Crippen molar-refractivity contribution < 1.29 is 0 Å². The number of benzene rings is 1. The van der Waals surface area contributed by atoms with Gasteiger partial charge < -0.3 is 10.6 Å². The second-order valence-corrected chi connectivity index (χ2v) is 4.60. The molecule has 0 saturated heterocycles. The van der Waals surface area contributed by atoms with Crippen LogP contribution in [0.5, 0.6) is 0 Å². The van der Waals surface area contributed by atoms with Gasteiger partial charge in [-0.25, -0.2) is 0 Å². The third kappa shape index (κ3) is 4.34. The van der Waals surface area contributed by atoms with Crippen molar-refractivity contribution in [3.63, 3.8) is 0 Å². The van der Waals surface area contributed by atoms with Gasteiger partial charge in [0.1, 0.15) is 0 Å². The minimum Gasteiger partial charge on any atom is -0.399 e. The van der Waals surface area contributed by atoms with Crippen LogP contribution in [-0.4, -0.2) is 25.0 Å². The van der Waals surface area contributed by atoms with E-state index in [0.29, 0.717) is 0 Å². The van der Waals surface area contributed by atoms with Gasteiger partial charge in [-0.2, -0.15) is 0 Å². The number of nitrogens with zero attached hydrogens (tertiary/aromatic N) is 1. The molecular weight excluding hydrogens is 184 g/mol. The SMILES string of the molecule is CC(C)CN(C)CCc1ccccc1N. The second kappa shape index (κ2) is 5.76. The Morgan fingerprint density at radius 2 is 1.93 bits per heavy atom. The van der Waals surface area contributed by atoms with Crippen molar-refractivity contribution in [2.75, 3.05) is 25.9 Å². The van der Waals surface area contributed by atoms with Crippen molar-refractivity contribution in [1.29, 1.82) is 0 Å². The molecule has 2 N–H and O–H groups in total. The highest BCUT2D eigenvalue weighted by molar-refractivity contribution is 5.46. The monoisotopic (exact) mass is 206 g/mol. The zero-order valence-electron chi connectivity index (χ0n) is 10.0.